The molecule has 1 aromatic carbocycles. The first-order valence-electron chi connectivity index (χ1n) is 6.35. The van der Waals surface area contributed by atoms with Gasteiger partial charge in [0.25, 0.3) is 11.6 Å². The van der Waals surface area contributed by atoms with Crippen molar-refractivity contribution in [2.75, 3.05) is 11.1 Å². The molecule has 0 bridgehead atoms. The molecule has 114 valence electrons. The molecule has 0 aliphatic carbocycles. The van der Waals surface area contributed by atoms with Crippen molar-refractivity contribution in [3.05, 3.63) is 48.9 Å². The van der Waals surface area contributed by atoms with E-state index in [9.17, 15) is 14.9 Å². The Kier molecular flexibility index (Phi) is 4.46. The maximum Gasteiger partial charge on any atom is 0.271 e. The standard InChI is InChI=1S/C13H10BrN3O3S2/c14-8-3-7(4-9(5-8)17(19)20)12(18)16-13-15-10-1-2-21-6-11(10)22-13/h3-5H,1-2,6H2,(H,15,16,18). The van der Waals surface area contributed by atoms with Gasteiger partial charge in [0.1, 0.15) is 0 Å². The van der Waals surface area contributed by atoms with Crippen molar-refractivity contribution in [3.8, 4) is 0 Å². The summed E-state index contributed by atoms with van der Waals surface area (Å²) in [6, 6.07) is 4.16. The van der Waals surface area contributed by atoms with Gasteiger partial charge < -0.3 is 0 Å². The zero-order valence-electron chi connectivity index (χ0n) is 11.2. The molecule has 2 heterocycles. The summed E-state index contributed by atoms with van der Waals surface area (Å²) in [6.45, 7) is 0. The van der Waals surface area contributed by atoms with Crippen molar-refractivity contribution in [3.63, 3.8) is 0 Å². The molecule has 0 radical (unpaired) electrons. The van der Waals surface area contributed by atoms with Gasteiger partial charge in [-0.3, -0.25) is 20.2 Å². The Bertz CT molecular complexity index is 739. The van der Waals surface area contributed by atoms with Crippen LogP contribution in [0.4, 0.5) is 10.8 Å². The van der Waals surface area contributed by atoms with Gasteiger partial charge in [-0.05, 0) is 18.2 Å². The molecule has 9 heteroatoms. The normalized spacial score (nSPS) is 13.5. The topological polar surface area (TPSA) is 85.1 Å². The van der Waals surface area contributed by atoms with E-state index in [1.54, 1.807) is 6.07 Å². The number of benzene rings is 1. The number of carbonyl (C=O) groups is 1. The fourth-order valence-electron chi connectivity index (χ4n) is 2.06. The molecule has 2 aromatic rings. The quantitative estimate of drug-likeness (QED) is 0.625. The highest BCUT2D eigenvalue weighted by atomic mass is 79.9. The van der Waals surface area contributed by atoms with E-state index in [0.29, 0.717) is 9.60 Å². The van der Waals surface area contributed by atoms with Gasteiger partial charge in [0.05, 0.1) is 10.6 Å². The molecule has 1 aromatic heterocycles. The van der Waals surface area contributed by atoms with Crippen LogP contribution in [-0.4, -0.2) is 21.6 Å². The predicted octanol–water partition coefficient (Wildman–Crippen LogP) is 3.86. The number of hydrogen-bond acceptors (Lipinski definition) is 6. The Labute approximate surface area is 142 Å². The number of fused-ring (bicyclic) bond motifs is 1. The minimum Gasteiger partial charge on any atom is -0.298 e. The van der Waals surface area contributed by atoms with E-state index in [0.717, 1.165) is 23.6 Å². The minimum absolute atomic E-state index is 0.130. The van der Waals surface area contributed by atoms with E-state index >= 15 is 0 Å². The van der Waals surface area contributed by atoms with Gasteiger partial charge in [-0.1, -0.05) is 15.9 Å². The molecule has 1 N–H and O–H groups in total. The number of non-ortho nitro benzene ring substituents is 1. The number of anilines is 1. The number of halogens is 1. The van der Waals surface area contributed by atoms with Crippen LogP contribution in [0.2, 0.25) is 0 Å². The average molecular weight is 400 g/mol. The minimum atomic E-state index is -0.527. The smallest absolute Gasteiger partial charge is 0.271 e. The van der Waals surface area contributed by atoms with Gasteiger partial charge in [0, 0.05) is 32.8 Å². The lowest BCUT2D eigenvalue weighted by Gasteiger charge is -2.06. The van der Waals surface area contributed by atoms with Crippen molar-refractivity contribution >= 4 is 55.8 Å². The third-order valence-electron chi connectivity index (χ3n) is 3.07. The summed E-state index contributed by atoms with van der Waals surface area (Å²) in [7, 11) is 0. The summed E-state index contributed by atoms with van der Waals surface area (Å²) in [5.41, 5.74) is 1.14. The number of aromatic nitrogens is 1. The number of nitro benzene ring substituents is 1. The maximum atomic E-state index is 12.3. The molecule has 3 rings (SSSR count). The van der Waals surface area contributed by atoms with E-state index in [1.807, 2.05) is 11.8 Å². The summed E-state index contributed by atoms with van der Waals surface area (Å²) in [6.07, 6.45) is 0.911. The van der Waals surface area contributed by atoms with Crippen molar-refractivity contribution in [1.29, 1.82) is 0 Å². The van der Waals surface area contributed by atoms with Crippen LogP contribution in [0.15, 0.2) is 22.7 Å². The van der Waals surface area contributed by atoms with E-state index < -0.39 is 10.8 Å². The first kappa shape index (κ1) is 15.4. The number of carbonyl (C=O) groups excluding carboxylic acids is 1. The lowest BCUT2D eigenvalue weighted by molar-refractivity contribution is -0.384. The Hall–Kier alpha value is -1.45. The molecule has 0 unspecified atom stereocenters. The van der Waals surface area contributed by atoms with Gasteiger partial charge in [-0.25, -0.2) is 4.98 Å². The Balaban J connectivity index is 1.82. The summed E-state index contributed by atoms with van der Waals surface area (Å²) in [4.78, 5) is 28.2. The van der Waals surface area contributed by atoms with E-state index in [-0.39, 0.29) is 11.3 Å². The number of thioether (sulfide) groups is 1. The molecule has 1 aliphatic rings. The molecular formula is C13H10BrN3O3S2. The third-order valence-corrected chi connectivity index (χ3v) is 5.71. The van der Waals surface area contributed by atoms with Crippen LogP contribution >= 0.6 is 39.0 Å². The van der Waals surface area contributed by atoms with Gasteiger partial charge in [-0.2, -0.15) is 11.8 Å². The largest absolute Gasteiger partial charge is 0.298 e. The summed E-state index contributed by atoms with van der Waals surface area (Å²) >= 11 is 6.49. The molecule has 0 saturated carbocycles. The molecule has 0 saturated heterocycles. The van der Waals surface area contributed by atoms with Crippen LogP contribution in [0.1, 0.15) is 20.9 Å². The monoisotopic (exact) mass is 399 g/mol. The molecule has 0 spiro atoms. The van der Waals surface area contributed by atoms with E-state index in [4.69, 9.17) is 0 Å². The highest BCUT2D eigenvalue weighted by molar-refractivity contribution is 9.10. The molecule has 0 fully saturated rings. The van der Waals surface area contributed by atoms with Crippen LogP contribution in [0, 0.1) is 10.1 Å². The number of rotatable bonds is 3. The first-order chi connectivity index (χ1) is 10.5. The SMILES string of the molecule is O=C(Nc1nc2c(s1)CSCC2)c1cc(Br)cc([N+](=O)[O-])c1. The molecule has 6 nitrogen and oxygen atoms in total. The van der Waals surface area contributed by atoms with Crippen LogP contribution < -0.4 is 5.32 Å². The lowest BCUT2D eigenvalue weighted by atomic mass is 10.2. The number of nitrogens with one attached hydrogen (secondary N) is 1. The van der Waals surface area contributed by atoms with Crippen molar-refractivity contribution < 1.29 is 9.72 Å². The molecular weight excluding hydrogens is 390 g/mol. The van der Waals surface area contributed by atoms with Crippen LogP contribution in [0.25, 0.3) is 0 Å². The Morgan fingerprint density at radius 2 is 2.23 bits per heavy atom. The van der Waals surface area contributed by atoms with Gasteiger partial charge in [-0.15, -0.1) is 11.3 Å². The second-order valence-electron chi connectivity index (χ2n) is 4.60. The molecule has 1 amide bonds. The third kappa shape index (κ3) is 3.31. The molecule has 0 atom stereocenters. The van der Waals surface area contributed by atoms with Crippen LogP contribution in [0.3, 0.4) is 0 Å². The number of aryl methyl sites for hydroxylation is 1. The number of thiazole rings is 1. The highest BCUT2D eigenvalue weighted by Gasteiger charge is 2.18. The fourth-order valence-corrected chi connectivity index (χ4v) is 4.66. The highest BCUT2D eigenvalue weighted by Crippen LogP contribution is 2.32. The van der Waals surface area contributed by atoms with Gasteiger partial charge in [0.2, 0.25) is 0 Å². The Morgan fingerprint density at radius 3 is 2.95 bits per heavy atom. The fraction of sp³-hybridized carbons (Fsp3) is 0.231. The Morgan fingerprint density at radius 1 is 1.41 bits per heavy atom. The summed E-state index contributed by atoms with van der Waals surface area (Å²) in [5.74, 6) is 1.57. The number of nitrogens with zero attached hydrogens (tertiary/aromatic N) is 2. The average Bonchev–Trinajstić information content (AvgIpc) is 2.88. The number of hydrogen-bond donors (Lipinski definition) is 1. The summed E-state index contributed by atoms with van der Waals surface area (Å²) in [5, 5.41) is 14.1. The predicted molar refractivity (Wildman–Crippen MR) is 90.7 cm³/mol. The number of amides is 1. The molecule has 1 aliphatic heterocycles. The van der Waals surface area contributed by atoms with E-state index in [1.165, 1.54) is 28.3 Å². The van der Waals surface area contributed by atoms with Gasteiger partial charge >= 0.3 is 0 Å². The second kappa shape index (κ2) is 6.35. The van der Waals surface area contributed by atoms with Crippen molar-refractivity contribution in [2.45, 2.75) is 12.2 Å². The lowest BCUT2D eigenvalue weighted by Crippen LogP contribution is -2.12. The van der Waals surface area contributed by atoms with Crippen LogP contribution in [0.5, 0.6) is 0 Å². The zero-order valence-corrected chi connectivity index (χ0v) is 14.4. The van der Waals surface area contributed by atoms with Gasteiger partial charge in [0.15, 0.2) is 5.13 Å². The molecule has 22 heavy (non-hydrogen) atoms. The number of nitro groups is 1. The maximum absolute atomic E-state index is 12.3. The second-order valence-corrected chi connectivity index (χ2v) is 7.71. The van der Waals surface area contributed by atoms with E-state index in [2.05, 4.69) is 26.2 Å². The first-order valence-corrected chi connectivity index (χ1v) is 9.12. The summed E-state index contributed by atoms with van der Waals surface area (Å²) < 4.78 is 0.488. The van der Waals surface area contributed by atoms with Crippen molar-refractivity contribution in [2.24, 2.45) is 0 Å². The zero-order chi connectivity index (χ0) is 15.7. The van der Waals surface area contributed by atoms with Crippen molar-refractivity contribution in [1.82, 2.24) is 4.98 Å². The van der Waals surface area contributed by atoms with Crippen LogP contribution in [-0.2, 0) is 12.2 Å².